The van der Waals surface area contributed by atoms with Gasteiger partial charge in [0.1, 0.15) is 6.10 Å². The van der Waals surface area contributed by atoms with E-state index in [1.807, 2.05) is 18.2 Å². The van der Waals surface area contributed by atoms with Crippen LogP contribution in [0.1, 0.15) is 225 Å². The number of amides is 1. The second-order valence-electron chi connectivity index (χ2n) is 18.2. The van der Waals surface area contributed by atoms with Crippen molar-refractivity contribution in [2.24, 2.45) is 0 Å². The maximum absolute atomic E-state index is 13.7. The maximum Gasteiger partial charge on any atom is 0.338 e. The van der Waals surface area contributed by atoms with Crippen LogP contribution in [0, 0.1) is 0 Å². The zero-order chi connectivity index (χ0) is 48.0. The monoisotopic (exact) mass is 928 g/mol. The summed E-state index contributed by atoms with van der Waals surface area (Å²) in [6.07, 6.45) is 30.9. The second kappa shape index (κ2) is 38.2. The minimum atomic E-state index is -1.32. The predicted octanol–water partition coefficient (Wildman–Crippen LogP) is 12.4. The number of rotatable bonds is 39. The molecule has 1 fully saturated rings. The van der Waals surface area contributed by atoms with Crippen molar-refractivity contribution in [3.05, 3.63) is 48.0 Å². The summed E-state index contributed by atoms with van der Waals surface area (Å²) in [5.41, 5.74) is 0.358. The minimum Gasteiger partial charge on any atom is -0.456 e. The first-order chi connectivity index (χ1) is 32.0. The van der Waals surface area contributed by atoms with Crippen LogP contribution in [0.2, 0.25) is 0 Å². The topological polar surface area (TPSA) is 153 Å². The van der Waals surface area contributed by atoms with Gasteiger partial charge in [-0.05, 0) is 37.5 Å². The molecular formula is C54H89NO11. The Morgan fingerprint density at radius 3 is 1.55 bits per heavy atom. The number of benzene rings is 1. The largest absolute Gasteiger partial charge is 0.456 e. The molecular weight excluding hydrogens is 839 g/mol. The van der Waals surface area contributed by atoms with Gasteiger partial charge in [-0.1, -0.05) is 192 Å². The molecule has 1 N–H and O–H groups in total. The van der Waals surface area contributed by atoms with Crippen LogP contribution in [0.25, 0.3) is 0 Å². The molecule has 0 radical (unpaired) electrons. The Morgan fingerprint density at radius 2 is 1.06 bits per heavy atom. The van der Waals surface area contributed by atoms with Gasteiger partial charge >= 0.3 is 23.9 Å². The molecule has 0 bridgehead atoms. The van der Waals surface area contributed by atoms with E-state index < -0.39 is 60.6 Å². The molecule has 1 aliphatic heterocycles. The third-order valence-corrected chi connectivity index (χ3v) is 12.0. The van der Waals surface area contributed by atoms with E-state index in [4.69, 9.17) is 28.4 Å². The number of unbranched alkanes of at least 4 members (excludes halogenated alkanes) is 25. The summed E-state index contributed by atoms with van der Waals surface area (Å²) < 4.78 is 34.8. The molecule has 1 saturated heterocycles. The van der Waals surface area contributed by atoms with E-state index >= 15 is 0 Å². The quantitative estimate of drug-likeness (QED) is 0.0290. The van der Waals surface area contributed by atoms with Crippen molar-refractivity contribution >= 4 is 29.8 Å². The molecule has 0 saturated carbocycles. The van der Waals surface area contributed by atoms with E-state index in [2.05, 4.69) is 19.2 Å². The van der Waals surface area contributed by atoms with Crippen LogP contribution in [-0.4, -0.2) is 79.7 Å². The molecule has 1 aromatic carbocycles. The first-order valence-electron chi connectivity index (χ1n) is 26.0. The highest BCUT2D eigenvalue weighted by molar-refractivity contribution is 5.89. The average molecular weight is 928 g/mol. The van der Waals surface area contributed by atoms with Crippen LogP contribution in [0.15, 0.2) is 42.5 Å². The number of esters is 4. The molecule has 0 aliphatic carbocycles. The van der Waals surface area contributed by atoms with E-state index in [1.165, 1.54) is 149 Å². The van der Waals surface area contributed by atoms with Gasteiger partial charge in [-0.15, -0.1) is 0 Å². The van der Waals surface area contributed by atoms with Crippen LogP contribution < -0.4 is 5.32 Å². The molecule has 0 aromatic heterocycles. The normalized spacial score (nSPS) is 18.1. The van der Waals surface area contributed by atoms with Gasteiger partial charge in [-0.3, -0.25) is 19.2 Å². The number of nitrogens with one attached hydrogen (secondary N) is 1. The van der Waals surface area contributed by atoms with Gasteiger partial charge in [0.15, 0.2) is 24.6 Å². The van der Waals surface area contributed by atoms with Crippen molar-refractivity contribution in [1.29, 1.82) is 0 Å². The van der Waals surface area contributed by atoms with Gasteiger partial charge in [-0.2, -0.15) is 0 Å². The Kier molecular flexibility index (Phi) is 33.8. The minimum absolute atomic E-state index is 0.216. The number of ether oxygens (including phenoxy) is 6. The average Bonchev–Trinajstić information content (AvgIpc) is 3.28. The maximum atomic E-state index is 13.7. The van der Waals surface area contributed by atoms with Crippen molar-refractivity contribution in [3.8, 4) is 0 Å². The molecule has 1 heterocycles. The van der Waals surface area contributed by atoms with Crippen LogP contribution in [-0.2, 0) is 47.6 Å². The van der Waals surface area contributed by atoms with Crippen LogP contribution >= 0.6 is 0 Å². The summed E-state index contributed by atoms with van der Waals surface area (Å²) in [7, 11) is 0. The van der Waals surface area contributed by atoms with Gasteiger partial charge in [0, 0.05) is 27.2 Å². The highest BCUT2D eigenvalue weighted by Crippen LogP contribution is 2.26. The van der Waals surface area contributed by atoms with Gasteiger partial charge in [0.25, 0.3) is 0 Å². The summed E-state index contributed by atoms with van der Waals surface area (Å²) in [5, 5.41) is 3.08. The lowest BCUT2D eigenvalue weighted by Crippen LogP contribution is -2.59. The van der Waals surface area contributed by atoms with E-state index in [1.54, 1.807) is 24.3 Å². The summed E-state index contributed by atoms with van der Waals surface area (Å²) in [6, 6.07) is 7.79. The molecule has 1 aliphatic rings. The van der Waals surface area contributed by atoms with Crippen molar-refractivity contribution in [3.63, 3.8) is 0 Å². The Morgan fingerprint density at radius 1 is 0.606 bits per heavy atom. The summed E-state index contributed by atoms with van der Waals surface area (Å²) in [6.45, 7) is 7.65. The molecule has 1 aromatic rings. The van der Waals surface area contributed by atoms with Crippen molar-refractivity contribution in [1.82, 2.24) is 5.32 Å². The van der Waals surface area contributed by atoms with Crippen LogP contribution in [0.4, 0.5) is 0 Å². The molecule has 12 nitrogen and oxygen atoms in total. The molecule has 12 heteroatoms. The molecule has 6 atom stereocenters. The van der Waals surface area contributed by atoms with E-state index in [9.17, 15) is 24.0 Å². The predicted molar refractivity (Wildman–Crippen MR) is 260 cm³/mol. The van der Waals surface area contributed by atoms with Gasteiger partial charge in [0.05, 0.1) is 24.8 Å². The molecule has 1 amide bonds. The van der Waals surface area contributed by atoms with Crippen molar-refractivity contribution in [2.45, 2.75) is 251 Å². The van der Waals surface area contributed by atoms with Crippen LogP contribution in [0.3, 0.4) is 0 Å². The number of allylic oxidation sites excluding steroid dienone is 1. The van der Waals surface area contributed by atoms with E-state index in [0.717, 1.165) is 38.5 Å². The molecule has 66 heavy (non-hydrogen) atoms. The number of hydrogen-bond acceptors (Lipinski definition) is 11. The number of carbonyl (C=O) groups excluding carboxylic acids is 5. The van der Waals surface area contributed by atoms with Crippen molar-refractivity contribution in [2.75, 3.05) is 13.2 Å². The molecule has 2 rings (SSSR count). The highest BCUT2D eigenvalue weighted by Gasteiger charge is 2.48. The number of carbonyl (C=O) groups is 5. The molecule has 0 spiro atoms. The van der Waals surface area contributed by atoms with Crippen LogP contribution in [0.5, 0.6) is 0 Å². The smallest absolute Gasteiger partial charge is 0.338 e. The fourth-order valence-electron chi connectivity index (χ4n) is 8.38. The zero-order valence-corrected chi connectivity index (χ0v) is 41.7. The van der Waals surface area contributed by atoms with E-state index in [-0.39, 0.29) is 25.5 Å². The fourth-order valence-corrected chi connectivity index (χ4v) is 8.38. The lowest BCUT2D eigenvalue weighted by atomic mass is 10.0. The second-order valence-corrected chi connectivity index (χ2v) is 18.2. The molecule has 376 valence electrons. The summed E-state index contributed by atoms with van der Waals surface area (Å²) in [4.78, 5) is 63.8. The van der Waals surface area contributed by atoms with E-state index in [0.29, 0.717) is 12.0 Å². The lowest BCUT2D eigenvalue weighted by molar-refractivity contribution is -0.282. The molecule has 0 unspecified atom stereocenters. The Bertz CT molecular complexity index is 1470. The summed E-state index contributed by atoms with van der Waals surface area (Å²) in [5.74, 6) is -2.80. The standard InChI is InChI=1S/C54H89NO11/c1-6-8-10-12-14-16-18-20-21-23-25-27-29-31-36-40-50(59)55-47(41-61-54-52(65-45(5)58)51(64-44(4)57)49(42-62-54)63-43(3)56)48(66-53(60)46-37-33-32-34-38-46)39-35-30-28-26-24-22-19-17-15-13-11-9-7-2/h32-35,37-39,47-49,51-52,54H,6-31,36,40-42H2,1-5H3,(H,55,59)/b39-35+/t47-,48+,49+,51-,52+,54+/m0/s1. The first kappa shape index (κ1) is 58.4. The van der Waals surface area contributed by atoms with Gasteiger partial charge < -0.3 is 33.7 Å². The van der Waals surface area contributed by atoms with Gasteiger partial charge in [-0.25, -0.2) is 4.79 Å². The SMILES string of the molecule is CCCCCCCCCCCCC/C=C/[C@@H](OC(=O)c1ccccc1)[C@H](CO[C@@H]1OC[C@@H](OC(C)=O)[C@H](OC(C)=O)[C@H]1OC(C)=O)NC(=O)CCCCCCCCCCCCCCCCC. The van der Waals surface area contributed by atoms with Gasteiger partial charge in [0.2, 0.25) is 5.91 Å². The lowest BCUT2D eigenvalue weighted by Gasteiger charge is -2.40. The Hall–Kier alpha value is -3.77. The third-order valence-electron chi connectivity index (χ3n) is 12.0. The van der Waals surface area contributed by atoms with Crippen molar-refractivity contribution < 1.29 is 52.4 Å². The number of hydrogen-bond donors (Lipinski definition) is 1. The zero-order valence-electron chi connectivity index (χ0n) is 41.7. The Labute approximate surface area is 398 Å². The summed E-state index contributed by atoms with van der Waals surface area (Å²) >= 11 is 0. The highest BCUT2D eigenvalue weighted by atomic mass is 16.7. The first-order valence-corrected chi connectivity index (χ1v) is 26.0. The third kappa shape index (κ3) is 28.4. The Balaban J connectivity index is 2.13. The fraction of sp³-hybridized carbons (Fsp3) is 0.759.